The molecule has 3 amide bonds. The summed E-state index contributed by atoms with van der Waals surface area (Å²) in [5, 5.41) is 12.9. The SMILES string of the molecule is CCCN1CC=C[C@]2(C)S[C@]34C=CCN(c5ccc6ccccc6c5)C(=O)C3N([C@H](CO)c3ccccc3)C(=O)[C@@H]4[C@@H]2C1=O. The third-order valence-electron chi connectivity index (χ3n) is 9.81. The van der Waals surface area contributed by atoms with Gasteiger partial charge in [0.1, 0.15) is 6.04 Å². The van der Waals surface area contributed by atoms with Crippen LogP contribution in [-0.4, -0.2) is 74.4 Å². The topological polar surface area (TPSA) is 81.2 Å². The second-order valence-corrected chi connectivity index (χ2v) is 14.2. The van der Waals surface area contributed by atoms with Crippen LogP contribution in [0, 0.1) is 11.8 Å². The number of anilines is 1. The van der Waals surface area contributed by atoms with Gasteiger partial charge in [-0.3, -0.25) is 14.4 Å². The van der Waals surface area contributed by atoms with Crippen LogP contribution in [-0.2, 0) is 14.4 Å². The van der Waals surface area contributed by atoms with E-state index in [9.17, 15) is 14.7 Å². The second-order valence-electron chi connectivity index (χ2n) is 12.4. The zero-order valence-electron chi connectivity index (χ0n) is 25.0. The molecule has 6 atom stereocenters. The summed E-state index contributed by atoms with van der Waals surface area (Å²) in [6.45, 7) is 5.20. The molecule has 4 aliphatic heterocycles. The van der Waals surface area contributed by atoms with Gasteiger partial charge in [-0.1, -0.05) is 91.9 Å². The average Bonchev–Trinajstić information content (AvgIpc) is 3.31. The molecule has 8 heteroatoms. The fourth-order valence-corrected chi connectivity index (χ4v) is 10.1. The minimum absolute atomic E-state index is 0.0422. The van der Waals surface area contributed by atoms with Gasteiger partial charge in [0.2, 0.25) is 11.8 Å². The molecule has 226 valence electrons. The Hall–Kier alpha value is -3.88. The first-order valence-corrected chi connectivity index (χ1v) is 16.3. The van der Waals surface area contributed by atoms with Gasteiger partial charge in [-0.05, 0) is 41.8 Å². The van der Waals surface area contributed by atoms with Crippen molar-refractivity contribution in [1.29, 1.82) is 0 Å². The Morgan fingerprint density at radius 1 is 0.864 bits per heavy atom. The monoisotopic (exact) mass is 607 g/mol. The zero-order chi connectivity index (χ0) is 30.6. The van der Waals surface area contributed by atoms with Crippen LogP contribution in [0.5, 0.6) is 0 Å². The molecule has 3 aromatic rings. The number of likely N-dealkylation sites (tertiary alicyclic amines) is 1. The predicted octanol–water partition coefficient (Wildman–Crippen LogP) is 4.97. The van der Waals surface area contributed by atoms with E-state index in [1.807, 2.05) is 110 Å². The van der Waals surface area contributed by atoms with Gasteiger partial charge in [0.05, 0.1) is 29.2 Å². The molecule has 4 heterocycles. The molecule has 3 aromatic carbocycles. The number of amides is 3. The van der Waals surface area contributed by atoms with E-state index in [2.05, 4.69) is 6.08 Å². The lowest BCUT2D eigenvalue weighted by Crippen LogP contribution is -2.54. The Kier molecular flexibility index (Phi) is 7.17. The summed E-state index contributed by atoms with van der Waals surface area (Å²) >= 11 is 1.57. The smallest absolute Gasteiger partial charge is 0.251 e. The van der Waals surface area contributed by atoms with Gasteiger partial charge >= 0.3 is 0 Å². The summed E-state index contributed by atoms with van der Waals surface area (Å²) in [7, 11) is 0. The van der Waals surface area contributed by atoms with E-state index >= 15 is 4.79 Å². The third kappa shape index (κ3) is 4.25. The number of aliphatic hydroxyl groups excluding tert-OH is 1. The number of fused-ring (bicyclic) bond motifs is 3. The summed E-state index contributed by atoms with van der Waals surface area (Å²) in [5.41, 5.74) is 1.50. The van der Waals surface area contributed by atoms with Gasteiger partial charge in [-0.2, -0.15) is 0 Å². The minimum atomic E-state index is -0.989. The molecule has 2 fully saturated rings. The second kappa shape index (κ2) is 10.9. The Morgan fingerprint density at radius 3 is 2.34 bits per heavy atom. The van der Waals surface area contributed by atoms with Crippen molar-refractivity contribution >= 4 is 45.9 Å². The van der Waals surface area contributed by atoms with E-state index in [1.54, 1.807) is 21.6 Å². The summed E-state index contributed by atoms with van der Waals surface area (Å²) in [4.78, 5) is 49.5. The van der Waals surface area contributed by atoms with E-state index in [0.29, 0.717) is 19.6 Å². The molecule has 1 N–H and O–H groups in total. The Balaban J connectivity index is 1.40. The summed E-state index contributed by atoms with van der Waals surface area (Å²) < 4.78 is -1.66. The highest BCUT2D eigenvalue weighted by Gasteiger charge is 2.74. The van der Waals surface area contributed by atoms with Crippen molar-refractivity contribution in [1.82, 2.24) is 9.80 Å². The van der Waals surface area contributed by atoms with Gasteiger partial charge in [0.15, 0.2) is 0 Å². The van der Waals surface area contributed by atoms with E-state index in [-0.39, 0.29) is 24.3 Å². The molecular weight excluding hydrogens is 570 g/mol. The molecule has 0 aromatic heterocycles. The fraction of sp³-hybridized carbons (Fsp3) is 0.361. The molecule has 0 radical (unpaired) electrons. The number of hydrogen-bond donors (Lipinski definition) is 1. The van der Waals surface area contributed by atoms with Gasteiger partial charge < -0.3 is 19.8 Å². The van der Waals surface area contributed by atoms with Crippen molar-refractivity contribution in [2.24, 2.45) is 11.8 Å². The van der Waals surface area contributed by atoms with Gasteiger partial charge in [-0.25, -0.2) is 0 Å². The molecule has 2 saturated heterocycles. The first-order valence-electron chi connectivity index (χ1n) is 15.5. The lowest BCUT2D eigenvalue weighted by atomic mass is 9.74. The number of carbonyl (C=O) groups is 3. The largest absolute Gasteiger partial charge is 0.394 e. The number of carbonyl (C=O) groups excluding carboxylic acids is 3. The fourth-order valence-electron chi connectivity index (χ4n) is 7.92. The van der Waals surface area contributed by atoms with Gasteiger partial charge in [0.25, 0.3) is 5.91 Å². The quantitative estimate of drug-likeness (QED) is 0.401. The lowest BCUT2D eigenvalue weighted by Gasteiger charge is -2.40. The summed E-state index contributed by atoms with van der Waals surface area (Å²) in [5.74, 6) is -1.90. The standard InChI is InChI=1S/C36H37N3O4S/c1-3-19-37-20-9-17-35(2)29(32(37)41)30-33(42)39(28(23-40)25-12-5-4-6-13-25)31-34(43)38(21-10-18-36(30,31)44-35)27-16-15-24-11-7-8-14-26(24)22-27/h4-18,22,28-31,40H,3,19-21,23H2,1-2H3/t28-,29-,30+,31?,35+,36+/m1/s1. The van der Waals surface area contributed by atoms with Crippen molar-refractivity contribution in [3.8, 4) is 0 Å². The molecule has 7 nitrogen and oxygen atoms in total. The highest BCUT2D eigenvalue weighted by molar-refractivity contribution is 8.02. The lowest BCUT2D eigenvalue weighted by molar-refractivity contribution is -0.145. The van der Waals surface area contributed by atoms with E-state index in [1.165, 1.54) is 0 Å². The van der Waals surface area contributed by atoms with Crippen LogP contribution in [0.3, 0.4) is 0 Å². The molecule has 7 rings (SSSR count). The van der Waals surface area contributed by atoms with Crippen LogP contribution in [0.15, 0.2) is 97.1 Å². The van der Waals surface area contributed by atoms with Crippen molar-refractivity contribution in [3.05, 3.63) is 103 Å². The zero-order valence-corrected chi connectivity index (χ0v) is 25.8. The Labute approximate surface area is 262 Å². The number of thioether (sulfide) groups is 1. The molecule has 0 saturated carbocycles. The van der Waals surface area contributed by atoms with Crippen molar-refractivity contribution in [2.45, 2.75) is 41.8 Å². The molecule has 0 bridgehead atoms. The summed E-state index contributed by atoms with van der Waals surface area (Å²) in [6, 6.07) is 21.8. The Bertz CT molecular complexity index is 1690. The minimum Gasteiger partial charge on any atom is -0.394 e. The van der Waals surface area contributed by atoms with Crippen LogP contribution in [0.25, 0.3) is 10.8 Å². The third-order valence-corrected chi connectivity index (χ3v) is 11.6. The normalized spacial score (nSPS) is 30.3. The van der Waals surface area contributed by atoms with Crippen molar-refractivity contribution in [2.75, 3.05) is 31.1 Å². The maximum atomic E-state index is 15.0. The molecule has 1 unspecified atom stereocenters. The molecule has 4 aliphatic rings. The maximum absolute atomic E-state index is 15.0. The van der Waals surface area contributed by atoms with Gasteiger partial charge in [-0.15, -0.1) is 11.8 Å². The molecule has 1 spiro atoms. The predicted molar refractivity (Wildman–Crippen MR) is 174 cm³/mol. The highest BCUT2D eigenvalue weighted by atomic mass is 32.2. The number of hydrogen-bond acceptors (Lipinski definition) is 5. The van der Waals surface area contributed by atoms with E-state index in [4.69, 9.17) is 0 Å². The molecule has 0 aliphatic carbocycles. The van der Waals surface area contributed by atoms with Crippen LogP contribution in [0.2, 0.25) is 0 Å². The van der Waals surface area contributed by atoms with Crippen molar-refractivity contribution < 1.29 is 19.5 Å². The summed E-state index contributed by atoms with van der Waals surface area (Å²) in [6.07, 6.45) is 8.97. The van der Waals surface area contributed by atoms with Gasteiger partial charge in [0, 0.05) is 30.1 Å². The van der Waals surface area contributed by atoms with E-state index < -0.39 is 33.4 Å². The first-order chi connectivity index (χ1) is 21.3. The van der Waals surface area contributed by atoms with Crippen LogP contribution < -0.4 is 4.90 Å². The number of benzene rings is 3. The van der Waals surface area contributed by atoms with E-state index in [0.717, 1.165) is 28.4 Å². The maximum Gasteiger partial charge on any atom is 0.251 e. The number of rotatable bonds is 6. The number of aliphatic hydroxyl groups is 1. The first kappa shape index (κ1) is 28.9. The number of nitrogens with zero attached hydrogens (tertiary/aromatic N) is 3. The molecule has 44 heavy (non-hydrogen) atoms. The Morgan fingerprint density at radius 2 is 1.59 bits per heavy atom. The van der Waals surface area contributed by atoms with Crippen molar-refractivity contribution in [3.63, 3.8) is 0 Å². The van der Waals surface area contributed by atoms with Crippen LogP contribution >= 0.6 is 11.8 Å². The molecular formula is C36H37N3O4S. The highest BCUT2D eigenvalue weighted by Crippen LogP contribution is 2.66. The van der Waals surface area contributed by atoms with Crippen LogP contribution in [0.4, 0.5) is 5.69 Å². The van der Waals surface area contributed by atoms with Crippen LogP contribution in [0.1, 0.15) is 31.9 Å². The average molecular weight is 608 g/mol.